The number of nitro benzene ring substituents is 1. The number of hydrogen-bond acceptors (Lipinski definition) is 6. The van der Waals surface area contributed by atoms with Crippen molar-refractivity contribution in [2.75, 3.05) is 37.4 Å². The molecule has 0 bridgehead atoms. The molecule has 0 radical (unpaired) electrons. The SMILES string of the molecule is Cc1ccc(S(=O)(=O)Nc2ccc(C(=O)N3CCN(CC4CC4)CC3)cc2)cc1[N+](=O)[O-]. The standard InChI is InChI=1S/C22H26N4O5S/c1-16-2-9-20(14-21(16)26(28)29)32(30,31)23-19-7-5-18(6-8-19)22(27)25-12-10-24(11-13-25)15-17-3-4-17/h2,5-9,14,17,23H,3-4,10-13,15H2,1H3. The molecule has 2 aliphatic rings. The second-order valence-corrected chi connectivity index (χ2v) is 10.1. The number of piperazine rings is 1. The van der Waals surface area contributed by atoms with Gasteiger partial charge in [-0.2, -0.15) is 0 Å². The van der Waals surface area contributed by atoms with E-state index in [1.807, 2.05) is 4.90 Å². The summed E-state index contributed by atoms with van der Waals surface area (Å²) in [7, 11) is -4.01. The number of aryl methyl sites for hydroxylation is 1. The predicted octanol–water partition coefficient (Wildman–Crippen LogP) is 2.87. The number of nitro groups is 1. The Labute approximate surface area is 187 Å². The number of anilines is 1. The molecule has 0 unspecified atom stereocenters. The van der Waals surface area contributed by atoms with E-state index in [1.54, 1.807) is 19.1 Å². The van der Waals surface area contributed by atoms with Gasteiger partial charge in [0.2, 0.25) is 0 Å². The van der Waals surface area contributed by atoms with Gasteiger partial charge in [0.1, 0.15) is 0 Å². The van der Waals surface area contributed by atoms with Crippen LogP contribution in [0.4, 0.5) is 11.4 Å². The number of hydrogen-bond donors (Lipinski definition) is 1. The minimum atomic E-state index is -4.01. The number of sulfonamides is 1. The summed E-state index contributed by atoms with van der Waals surface area (Å²) < 4.78 is 27.7. The van der Waals surface area contributed by atoms with Gasteiger partial charge in [-0.05, 0) is 56.0 Å². The van der Waals surface area contributed by atoms with Crippen LogP contribution in [0.25, 0.3) is 0 Å². The molecular weight excluding hydrogens is 432 g/mol. The molecule has 4 rings (SSSR count). The lowest BCUT2D eigenvalue weighted by Crippen LogP contribution is -2.49. The zero-order chi connectivity index (χ0) is 22.9. The Morgan fingerprint density at radius 2 is 1.75 bits per heavy atom. The third-order valence-electron chi connectivity index (χ3n) is 5.94. The normalized spacial score (nSPS) is 17.2. The van der Waals surface area contributed by atoms with Gasteiger partial charge in [0.15, 0.2) is 0 Å². The Morgan fingerprint density at radius 1 is 1.09 bits per heavy atom. The fourth-order valence-corrected chi connectivity index (χ4v) is 4.91. The van der Waals surface area contributed by atoms with Crippen LogP contribution in [-0.4, -0.2) is 61.8 Å². The first-order valence-electron chi connectivity index (χ1n) is 10.6. The van der Waals surface area contributed by atoms with Gasteiger partial charge < -0.3 is 4.90 Å². The van der Waals surface area contributed by atoms with Crippen LogP contribution >= 0.6 is 0 Å². The van der Waals surface area contributed by atoms with E-state index in [0.717, 1.165) is 31.6 Å². The first-order valence-corrected chi connectivity index (χ1v) is 12.1. The first-order chi connectivity index (χ1) is 15.2. The minimum Gasteiger partial charge on any atom is -0.336 e. The van der Waals surface area contributed by atoms with E-state index in [4.69, 9.17) is 0 Å². The fraction of sp³-hybridized carbons (Fsp3) is 0.409. The molecule has 170 valence electrons. The van der Waals surface area contributed by atoms with Gasteiger partial charge in [0.05, 0.1) is 9.82 Å². The smallest absolute Gasteiger partial charge is 0.273 e. The van der Waals surface area contributed by atoms with Crippen molar-refractivity contribution in [2.45, 2.75) is 24.7 Å². The maximum absolute atomic E-state index is 12.8. The number of carbonyl (C=O) groups is 1. The summed E-state index contributed by atoms with van der Waals surface area (Å²) in [4.78, 5) is 27.3. The van der Waals surface area contributed by atoms with Crippen molar-refractivity contribution in [2.24, 2.45) is 5.92 Å². The van der Waals surface area contributed by atoms with E-state index in [9.17, 15) is 23.3 Å². The average Bonchev–Trinajstić information content (AvgIpc) is 3.58. The molecule has 2 aromatic carbocycles. The highest BCUT2D eigenvalue weighted by atomic mass is 32.2. The molecule has 1 amide bonds. The van der Waals surface area contributed by atoms with E-state index in [0.29, 0.717) is 24.2 Å². The molecule has 10 heteroatoms. The topological polar surface area (TPSA) is 113 Å². The Kier molecular flexibility index (Phi) is 6.16. The van der Waals surface area contributed by atoms with Crippen LogP contribution in [-0.2, 0) is 10.0 Å². The van der Waals surface area contributed by atoms with Crippen LogP contribution < -0.4 is 4.72 Å². The van der Waals surface area contributed by atoms with E-state index in [1.165, 1.54) is 37.1 Å². The lowest BCUT2D eigenvalue weighted by Gasteiger charge is -2.34. The average molecular weight is 459 g/mol. The van der Waals surface area contributed by atoms with Gasteiger partial charge in [-0.3, -0.25) is 24.5 Å². The number of nitrogens with zero attached hydrogens (tertiary/aromatic N) is 3. The summed E-state index contributed by atoms with van der Waals surface area (Å²) in [6.45, 7) is 5.80. The Bertz CT molecular complexity index is 1120. The van der Waals surface area contributed by atoms with Crippen molar-refractivity contribution in [3.63, 3.8) is 0 Å². The quantitative estimate of drug-likeness (QED) is 0.504. The number of carbonyl (C=O) groups excluding carboxylic acids is 1. The summed E-state index contributed by atoms with van der Waals surface area (Å²) in [6, 6.07) is 10.00. The zero-order valence-corrected chi connectivity index (χ0v) is 18.7. The van der Waals surface area contributed by atoms with Crippen LogP contribution in [0, 0.1) is 23.0 Å². The maximum atomic E-state index is 12.8. The molecule has 0 atom stereocenters. The number of benzene rings is 2. The molecule has 1 aliphatic carbocycles. The molecular formula is C22H26N4O5S. The van der Waals surface area contributed by atoms with Gasteiger partial charge in [-0.25, -0.2) is 8.42 Å². The van der Waals surface area contributed by atoms with Gasteiger partial charge in [-0.15, -0.1) is 0 Å². The monoisotopic (exact) mass is 458 g/mol. The molecule has 9 nitrogen and oxygen atoms in total. The number of nitrogens with one attached hydrogen (secondary N) is 1. The zero-order valence-electron chi connectivity index (χ0n) is 17.9. The highest BCUT2D eigenvalue weighted by Gasteiger charge is 2.28. The predicted molar refractivity (Wildman–Crippen MR) is 120 cm³/mol. The molecule has 1 heterocycles. The van der Waals surface area contributed by atoms with Crippen molar-refractivity contribution in [1.82, 2.24) is 9.80 Å². The summed E-state index contributed by atoms with van der Waals surface area (Å²) in [5.74, 6) is 0.763. The van der Waals surface area contributed by atoms with Gasteiger partial charge >= 0.3 is 0 Å². The van der Waals surface area contributed by atoms with Crippen molar-refractivity contribution in [3.05, 3.63) is 63.7 Å². The van der Waals surface area contributed by atoms with Gasteiger partial charge in [0.25, 0.3) is 21.6 Å². The van der Waals surface area contributed by atoms with Crippen LogP contribution in [0.15, 0.2) is 47.4 Å². The van der Waals surface area contributed by atoms with Crippen LogP contribution in [0.1, 0.15) is 28.8 Å². The summed E-state index contributed by atoms with van der Waals surface area (Å²) >= 11 is 0. The lowest BCUT2D eigenvalue weighted by molar-refractivity contribution is -0.385. The molecule has 1 saturated carbocycles. The Morgan fingerprint density at radius 3 is 2.34 bits per heavy atom. The van der Waals surface area contributed by atoms with Crippen molar-refractivity contribution in [1.29, 1.82) is 0 Å². The lowest BCUT2D eigenvalue weighted by atomic mass is 10.1. The van der Waals surface area contributed by atoms with Gasteiger partial charge in [0, 0.05) is 55.6 Å². The summed E-state index contributed by atoms with van der Waals surface area (Å²) in [5, 5.41) is 11.1. The molecule has 1 saturated heterocycles. The molecule has 32 heavy (non-hydrogen) atoms. The minimum absolute atomic E-state index is 0.0698. The van der Waals surface area contributed by atoms with Crippen molar-refractivity contribution in [3.8, 4) is 0 Å². The molecule has 0 spiro atoms. The third kappa shape index (κ3) is 5.08. The highest BCUT2D eigenvalue weighted by Crippen LogP contribution is 2.30. The van der Waals surface area contributed by atoms with Crippen molar-refractivity contribution >= 4 is 27.3 Å². The van der Waals surface area contributed by atoms with E-state index >= 15 is 0 Å². The molecule has 2 fully saturated rings. The summed E-state index contributed by atoms with van der Waals surface area (Å²) in [6.07, 6.45) is 2.63. The largest absolute Gasteiger partial charge is 0.336 e. The Hall–Kier alpha value is -2.98. The van der Waals surface area contributed by atoms with Crippen LogP contribution in [0.5, 0.6) is 0 Å². The first kappa shape index (κ1) is 22.2. The second-order valence-electron chi connectivity index (χ2n) is 8.42. The fourth-order valence-electron chi connectivity index (χ4n) is 3.83. The van der Waals surface area contributed by atoms with Gasteiger partial charge in [-0.1, -0.05) is 6.07 Å². The van der Waals surface area contributed by atoms with E-state index < -0.39 is 14.9 Å². The van der Waals surface area contributed by atoms with Crippen molar-refractivity contribution < 1.29 is 18.1 Å². The van der Waals surface area contributed by atoms with Crippen LogP contribution in [0.2, 0.25) is 0 Å². The van der Waals surface area contributed by atoms with E-state index in [-0.39, 0.29) is 22.2 Å². The Balaban J connectivity index is 1.39. The molecule has 0 aromatic heterocycles. The second kappa shape index (κ2) is 8.87. The maximum Gasteiger partial charge on any atom is 0.273 e. The molecule has 1 N–H and O–H groups in total. The third-order valence-corrected chi connectivity index (χ3v) is 7.32. The van der Waals surface area contributed by atoms with E-state index in [2.05, 4.69) is 9.62 Å². The number of rotatable bonds is 7. The number of amides is 1. The summed E-state index contributed by atoms with van der Waals surface area (Å²) in [5.41, 5.74) is 0.893. The van der Waals surface area contributed by atoms with Crippen LogP contribution in [0.3, 0.4) is 0 Å². The molecule has 2 aromatic rings. The molecule has 1 aliphatic heterocycles. The highest BCUT2D eigenvalue weighted by molar-refractivity contribution is 7.92.